The molecular weight excluding hydrogens is 180 g/mol. The van der Waals surface area contributed by atoms with E-state index in [9.17, 15) is 4.79 Å². The van der Waals surface area contributed by atoms with Crippen molar-refractivity contribution in [2.45, 2.75) is 0 Å². The highest BCUT2D eigenvalue weighted by Gasteiger charge is 2.05. The molecule has 0 bridgehead atoms. The zero-order valence-electron chi connectivity index (χ0n) is 7.31. The minimum Gasteiger partial charge on any atom is -0.464 e. The van der Waals surface area contributed by atoms with Gasteiger partial charge in [-0.1, -0.05) is 0 Å². The first-order chi connectivity index (χ1) is 6.77. The molecule has 0 saturated heterocycles. The van der Waals surface area contributed by atoms with Crippen LogP contribution < -0.4 is 5.73 Å². The minimum absolute atomic E-state index is 0.374. The topological polar surface area (TPSA) is 69.1 Å². The number of nitrogens with zero attached hydrogens (tertiary/aromatic N) is 1. The quantitative estimate of drug-likeness (QED) is 0.775. The van der Waals surface area contributed by atoms with Crippen LogP contribution in [0.5, 0.6) is 0 Å². The fourth-order valence-electron chi connectivity index (χ4n) is 1.15. The summed E-state index contributed by atoms with van der Waals surface area (Å²) in [4.78, 5) is 14.8. The zero-order chi connectivity index (χ0) is 9.97. The van der Waals surface area contributed by atoms with Gasteiger partial charge in [0.05, 0.1) is 11.8 Å². The van der Waals surface area contributed by atoms with Crippen LogP contribution in [-0.2, 0) is 0 Å². The number of carbonyl (C=O) groups excluding carboxylic acids is 1. The van der Waals surface area contributed by atoms with E-state index in [0.29, 0.717) is 11.3 Å². The number of aromatic nitrogens is 1. The second-order valence-corrected chi connectivity index (χ2v) is 2.80. The fourth-order valence-corrected chi connectivity index (χ4v) is 1.15. The molecule has 0 unspecified atom stereocenters. The fraction of sp³-hybridized carbons (Fsp3) is 0. The number of carbonyl (C=O) groups is 1. The first-order valence-electron chi connectivity index (χ1n) is 4.06. The van der Waals surface area contributed by atoms with Gasteiger partial charge in [-0.05, 0) is 18.2 Å². The van der Waals surface area contributed by atoms with Crippen molar-refractivity contribution in [2.24, 2.45) is 5.73 Å². The molecule has 4 heteroatoms. The Bertz CT molecular complexity index is 449. The van der Waals surface area contributed by atoms with Crippen molar-refractivity contribution in [3.05, 3.63) is 42.4 Å². The maximum atomic E-state index is 10.9. The van der Waals surface area contributed by atoms with Gasteiger partial charge in [-0.25, -0.2) is 0 Å². The molecule has 0 saturated carbocycles. The second kappa shape index (κ2) is 3.33. The van der Waals surface area contributed by atoms with Crippen molar-refractivity contribution in [2.75, 3.05) is 0 Å². The van der Waals surface area contributed by atoms with Gasteiger partial charge in [-0.3, -0.25) is 9.78 Å². The molecule has 70 valence electrons. The molecule has 2 rings (SSSR count). The summed E-state index contributed by atoms with van der Waals surface area (Å²) >= 11 is 0. The molecule has 0 aliphatic heterocycles. The van der Waals surface area contributed by atoms with Crippen molar-refractivity contribution >= 4 is 5.91 Å². The lowest BCUT2D eigenvalue weighted by Crippen LogP contribution is -2.11. The van der Waals surface area contributed by atoms with Crippen LogP contribution in [0.25, 0.3) is 11.3 Å². The molecule has 0 spiro atoms. The summed E-state index contributed by atoms with van der Waals surface area (Å²) in [6, 6.07) is 5.21. The average molecular weight is 188 g/mol. The maximum absolute atomic E-state index is 10.9. The van der Waals surface area contributed by atoms with Crippen LogP contribution in [0.4, 0.5) is 0 Å². The maximum Gasteiger partial charge on any atom is 0.250 e. The predicted molar refractivity (Wildman–Crippen MR) is 50.5 cm³/mol. The third kappa shape index (κ3) is 1.50. The number of furan rings is 1. The molecule has 2 heterocycles. The van der Waals surface area contributed by atoms with Gasteiger partial charge in [-0.15, -0.1) is 0 Å². The van der Waals surface area contributed by atoms with Crippen LogP contribution in [-0.4, -0.2) is 10.9 Å². The van der Waals surface area contributed by atoms with Crippen LogP contribution in [0.3, 0.4) is 0 Å². The third-order valence-corrected chi connectivity index (χ3v) is 1.83. The lowest BCUT2D eigenvalue weighted by atomic mass is 10.1. The van der Waals surface area contributed by atoms with E-state index >= 15 is 0 Å². The Morgan fingerprint density at radius 2 is 2.29 bits per heavy atom. The number of rotatable bonds is 2. The van der Waals surface area contributed by atoms with Crippen molar-refractivity contribution in [1.82, 2.24) is 4.98 Å². The number of amides is 1. The summed E-state index contributed by atoms with van der Waals surface area (Å²) in [6.45, 7) is 0. The molecule has 4 nitrogen and oxygen atoms in total. The second-order valence-electron chi connectivity index (χ2n) is 2.80. The molecule has 14 heavy (non-hydrogen) atoms. The predicted octanol–water partition coefficient (Wildman–Crippen LogP) is 1.44. The summed E-state index contributed by atoms with van der Waals surface area (Å²) in [5.74, 6) is 0.173. The molecule has 2 N–H and O–H groups in total. The minimum atomic E-state index is -0.495. The number of hydrogen-bond donors (Lipinski definition) is 1. The van der Waals surface area contributed by atoms with Crippen LogP contribution in [0.2, 0.25) is 0 Å². The Hall–Kier alpha value is -2.10. The Morgan fingerprint density at radius 3 is 2.93 bits per heavy atom. The molecular formula is C10H8N2O2. The number of primary amides is 1. The highest BCUT2D eigenvalue weighted by Crippen LogP contribution is 2.19. The molecule has 0 aliphatic rings. The molecule has 0 aromatic carbocycles. The zero-order valence-corrected chi connectivity index (χ0v) is 7.31. The molecule has 0 atom stereocenters. The standard InChI is InChI=1S/C10H8N2O2/c11-10(13)8-4-7(5-12-6-8)9-2-1-3-14-9/h1-6H,(H2,11,13). The largest absolute Gasteiger partial charge is 0.464 e. The van der Waals surface area contributed by atoms with Crippen LogP contribution in [0.1, 0.15) is 10.4 Å². The summed E-state index contributed by atoms with van der Waals surface area (Å²) in [5, 5.41) is 0. The van der Waals surface area contributed by atoms with Gasteiger partial charge >= 0.3 is 0 Å². The van der Waals surface area contributed by atoms with Crippen molar-refractivity contribution in [3.63, 3.8) is 0 Å². The van der Waals surface area contributed by atoms with E-state index in [1.807, 2.05) is 0 Å². The Morgan fingerprint density at radius 1 is 1.43 bits per heavy atom. The van der Waals surface area contributed by atoms with Gasteiger partial charge in [0.1, 0.15) is 5.76 Å². The smallest absolute Gasteiger partial charge is 0.250 e. The summed E-state index contributed by atoms with van der Waals surface area (Å²) < 4.78 is 5.16. The highest BCUT2D eigenvalue weighted by atomic mass is 16.3. The van der Waals surface area contributed by atoms with E-state index in [2.05, 4.69) is 4.98 Å². The molecule has 0 fully saturated rings. The van der Waals surface area contributed by atoms with E-state index in [0.717, 1.165) is 5.56 Å². The summed E-state index contributed by atoms with van der Waals surface area (Å²) in [6.07, 6.45) is 4.60. The van der Waals surface area contributed by atoms with Crippen LogP contribution in [0, 0.1) is 0 Å². The van der Waals surface area contributed by atoms with Gasteiger partial charge < -0.3 is 10.2 Å². The number of nitrogens with two attached hydrogens (primary N) is 1. The molecule has 0 radical (unpaired) electrons. The molecule has 2 aromatic rings. The van der Waals surface area contributed by atoms with Gasteiger partial charge in [0.15, 0.2) is 0 Å². The van der Waals surface area contributed by atoms with Crippen molar-refractivity contribution < 1.29 is 9.21 Å². The van der Waals surface area contributed by atoms with Gasteiger partial charge in [0, 0.05) is 18.0 Å². The Labute approximate surface area is 80.4 Å². The van der Waals surface area contributed by atoms with E-state index in [1.165, 1.54) is 6.20 Å². The molecule has 2 aromatic heterocycles. The van der Waals surface area contributed by atoms with E-state index in [4.69, 9.17) is 10.2 Å². The van der Waals surface area contributed by atoms with E-state index < -0.39 is 5.91 Å². The first kappa shape index (κ1) is 8.50. The Kier molecular flexibility index (Phi) is 2.02. The van der Waals surface area contributed by atoms with Crippen LogP contribution >= 0.6 is 0 Å². The average Bonchev–Trinajstić information content (AvgIpc) is 2.71. The lowest BCUT2D eigenvalue weighted by Gasteiger charge is -1.98. The molecule has 0 aliphatic carbocycles. The van der Waals surface area contributed by atoms with E-state index in [1.54, 1.807) is 30.7 Å². The number of pyridine rings is 1. The third-order valence-electron chi connectivity index (χ3n) is 1.83. The number of hydrogen-bond acceptors (Lipinski definition) is 3. The van der Waals surface area contributed by atoms with Crippen molar-refractivity contribution in [1.29, 1.82) is 0 Å². The SMILES string of the molecule is NC(=O)c1cncc(-c2ccco2)c1. The summed E-state index contributed by atoms with van der Waals surface area (Å²) in [7, 11) is 0. The first-order valence-corrected chi connectivity index (χ1v) is 4.06. The highest BCUT2D eigenvalue weighted by molar-refractivity contribution is 5.93. The van der Waals surface area contributed by atoms with E-state index in [-0.39, 0.29) is 0 Å². The molecule has 1 amide bonds. The van der Waals surface area contributed by atoms with Crippen molar-refractivity contribution in [3.8, 4) is 11.3 Å². The van der Waals surface area contributed by atoms with Crippen LogP contribution in [0.15, 0.2) is 41.3 Å². The van der Waals surface area contributed by atoms with Gasteiger partial charge in [0.2, 0.25) is 5.91 Å². The van der Waals surface area contributed by atoms with Gasteiger partial charge in [-0.2, -0.15) is 0 Å². The van der Waals surface area contributed by atoms with Gasteiger partial charge in [0.25, 0.3) is 0 Å². The summed E-state index contributed by atoms with van der Waals surface area (Å²) in [5.41, 5.74) is 6.24. The Balaban J connectivity index is 2.46. The normalized spacial score (nSPS) is 10.0. The monoisotopic (exact) mass is 188 g/mol. The lowest BCUT2D eigenvalue weighted by molar-refractivity contribution is 0.1000.